The molecule has 0 heterocycles. The maximum atomic E-state index is 14.2. The smallest absolute Gasteiger partial charge is 0.461 e. The van der Waals surface area contributed by atoms with Gasteiger partial charge in [-0.3, -0.25) is 0 Å². The lowest BCUT2D eigenvalue weighted by Gasteiger charge is -2.21. The second kappa shape index (κ2) is 10.3. The van der Waals surface area contributed by atoms with Crippen LogP contribution in [0.5, 0.6) is 11.5 Å². The molecule has 0 aliphatic rings. The summed E-state index contributed by atoms with van der Waals surface area (Å²) in [6.07, 6.45) is -9.42. The summed E-state index contributed by atoms with van der Waals surface area (Å²) < 4.78 is 106. The molecule has 0 amide bonds. The highest BCUT2D eigenvalue weighted by Gasteiger charge is 2.44. The van der Waals surface area contributed by atoms with Gasteiger partial charge in [0.2, 0.25) is 0 Å². The van der Waals surface area contributed by atoms with Gasteiger partial charge in [0.1, 0.15) is 33.4 Å². The summed E-state index contributed by atoms with van der Waals surface area (Å²) in [5, 5.41) is 0. The molecule has 0 fully saturated rings. The molecule has 0 bridgehead atoms. The second-order valence-corrected chi connectivity index (χ2v) is 10.2. The first kappa shape index (κ1) is 26.8. The van der Waals surface area contributed by atoms with Crippen LogP contribution in [-0.4, -0.2) is 33.6 Å². The Labute approximate surface area is 190 Å². The first-order chi connectivity index (χ1) is 15.1. The van der Waals surface area contributed by atoms with Crippen LogP contribution in [-0.2, 0) is 11.4 Å². The van der Waals surface area contributed by atoms with Crippen molar-refractivity contribution in [3.63, 3.8) is 0 Å². The van der Waals surface area contributed by atoms with Crippen molar-refractivity contribution in [3.05, 3.63) is 59.2 Å². The molecule has 1 unspecified atom stereocenters. The molecule has 4 nitrogen and oxygen atoms in total. The maximum absolute atomic E-state index is 14.2. The van der Waals surface area contributed by atoms with Gasteiger partial charge in [-0.2, -0.15) is 17.6 Å². The minimum atomic E-state index is -4.87. The molecule has 0 spiro atoms. The van der Waals surface area contributed by atoms with Crippen molar-refractivity contribution in [2.24, 2.45) is 4.40 Å². The van der Waals surface area contributed by atoms with E-state index in [-0.39, 0.29) is 22.6 Å². The van der Waals surface area contributed by atoms with Gasteiger partial charge in [0.05, 0.1) is 6.10 Å². The van der Waals surface area contributed by atoms with Gasteiger partial charge in [-0.1, -0.05) is 4.40 Å². The summed E-state index contributed by atoms with van der Waals surface area (Å²) in [4.78, 5) is 0. The predicted molar refractivity (Wildman–Crippen MR) is 114 cm³/mol. The van der Waals surface area contributed by atoms with E-state index in [2.05, 4.69) is 9.13 Å². The first-order valence-corrected chi connectivity index (χ1v) is 10.8. The number of alkyl halides is 4. The van der Waals surface area contributed by atoms with E-state index in [1.807, 2.05) is 0 Å². The fourth-order valence-electron chi connectivity index (χ4n) is 2.45. The summed E-state index contributed by atoms with van der Waals surface area (Å²) in [7, 11) is 0. The van der Waals surface area contributed by atoms with Crippen molar-refractivity contribution in [1.29, 1.82) is 0 Å². The van der Waals surface area contributed by atoms with Gasteiger partial charge in [0.25, 0.3) is 0 Å². The van der Waals surface area contributed by atoms with Gasteiger partial charge < -0.3 is 14.0 Å². The van der Waals surface area contributed by atoms with E-state index in [1.165, 1.54) is 12.1 Å². The normalized spacial score (nSPS) is 14.1. The van der Waals surface area contributed by atoms with Crippen LogP contribution in [0.2, 0.25) is 0 Å². The molecule has 33 heavy (non-hydrogen) atoms. The van der Waals surface area contributed by atoms with Crippen LogP contribution in [0, 0.1) is 11.6 Å². The third-order valence-corrected chi connectivity index (χ3v) is 5.31. The topological polar surface area (TPSA) is 53.9 Å². The van der Waals surface area contributed by atoms with Crippen LogP contribution in [0.25, 0.3) is 0 Å². The molecule has 0 aliphatic carbocycles. The number of hydrogen-bond donors (Lipinski definition) is 0. The predicted octanol–water partition coefficient (Wildman–Crippen LogP) is 6.29. The van der Waals surface area contributed by atoms with Crippen molar-refractivity contribution in [2.45, 2.75) is 58.0 Å². The Hall–Kier alpha value is -2.40. The van der Waals surface area contributed by atoms with E-state index in [4.69, 9.17) is 4.74 Å². The average molecular weight is 495 g/mol. The number of benzene rings is 2. The lowest BCUT2D eigenvalue weighted by Crippen LogP contribution is -2.33. The molecular weight excluding hydrogens is 472 g/mol. The van der Waals surface area contributed by atoms with E-state index in [9.17, 15) is 30.9 Å². The molecule has 2 aromatic carbocycles. The van der Waals surface area contributed by atoms with Gasteiger partial charge in [-0.15, -0.1) is 0 Å². The van der Waals surface area contributed by atoms with Crippen LogP contribution >= 0.6 is 0 Å². The molecule has 0 N–H and O–H groups in total. The van der Waals surface area contributed by atoms with Gasteiger partial charge in [0.15, 0.2) is 11.6 Å². The van der Waals surface area contributed by atoms with Crippen molar-refractivity contribution < 1.29 is 40.4 Å². The van der Waals surface area contributed by atoms with E-state index in [0.717, 1.165) is 18.2 Å². The molecule has 2 aromatic rings. The van der Waals surface area contributed by atoms with Crippen molar-refractivity contribution in [1.82, 2.24) is 0 Å². The van der Waals surface area contributed by atoms with E-state index in [1.54, 1.807) is 34.6 Å². The summed E-state index contributed by atoms with van der Waals surface area (Å²) in [6, 6.07) is 5.75. The van der Waals surface area contributed by atoms with Crippen LogP contribution in [0.3, 0.4) is 0 Å². The molecule has 0 saturated carbocycles. The zero-order chi connectivity index (χ0) is 25.1. The third kappa shape index (κ3) is 7.29. The quantitative estimate of drug-likeness (QED) is 0.246. The van der Waals surface area contributed by atoms with Crippen LogP contribution in [0.1, 0.15) is 45.7 Å². The Bertz CT molecular complexity index is 1010. The van der Waals surface area contributed by atoms with Gasteiger partial charge >= 0.3 is 12.5 Å². The minimum absolute atomic E-state index is 0.127. The van der Waals surface area contributed by atoms with Crippen LogP contribution in [0.4, 0.5) is 26.3 Å². The van der Waals surface area contributed by atoms with Crippen LogP contribution < -0.4 is 9.47 Å². The zero-order valence-electron chi connectivity index (χ0n) is 18.5. The molecular formula is C22H23F6NO3S. The summed E-state index contributed by atoms with van der Waals surface area (Å²) >= 11 is -1.91. The van der Waals surface area contributed by atoms with Crippen molar-refractivity contribution in [3.8, 4) is 11.5 Å². The molecule has 0 aliphatic heterocycles. The fourth-order valence-corrected chi connectivity index (χ4v) is 3.10. The number of nitrogens with zero attached hydrogens (tertiary/aromatic N) is 1. The number of halogens is 6. The Morgan fingerprint density at radius 1 is 1.00 bits per heavy atom. The first-order valence-electron chi connectivity index (χ1n) is 9.73. The molecule has 0 radical (unpaired) electrons. The zero-order valence-corrected chi connectivity index (χ0v) is 19.3. The summed E-state index contributed by atoms with van der Waals surface area (Å²) in [6.45, 7) is 8.17. The third-order valence-electron chi connectivity index (χ3n) is 3.92. The number of ether oxygens (including phenoxy) is 2. The summed E-state index contributed by atoms with van der Waals surface area (Å²) in [5.74, 6) is -2.87. The highest BCUT2D eigenvalue weighted by molar-refractivity contribution is 7.91. The van der Waals surface area contributed by atoms with Gasteiger partial charge in [-0.05, 0) is 65.0 Å². The second-order valence-electron chi connectivity index (χ2n) is 8.25. The lowest BCUT2D eigenvalue weighted by atomic mass is 10.0. The van der Waals surface area contributed by atoms with Crippen molar-refractivity contribution in [2.75, 3.05) is 0 Å². The molecule has 2 rings (SSSR count). The Morgan fingerprint density at radius 2 is 1.64 bits per heavy atom. The highest BCUT2D eigenvalue weighted by Crippen LogP contribution is 2.31. The lowest BCUT2D eigenvalue weighted by molar-refractivity contribution is -0.253. The van der Waals surface area contributed by atoms with Crippen molar-refractivity contribution >= 4 is 17.1 Å². The molecule has 0 aromatic heterocycles. The molecule has 0 saturated heterocycles. The monoisotopic (exact) mass is 495 g/mol. The average Bonchev–Trinajstić information content (AvgIpc) is 2.65. The largest absolute Gasteiger partial charge is 0.591 e. The van der Waals surface area contributed by atoms with Gasteiger partial charge in [0, 0.05) is 17.2 Å². The number of rotatable bonds is 8. The Morgan fingerprint density at radius 3 is 2.18 bits per heavy atom. The van der Waals surface area contributed by atoms with E-state index in [0.29, 0.717) is 6.07 Å². The fraction of sp³-hybridized carbons (Fsp3) is 0.409. The maximum Gasteiger partial charge on any atom is 0.461 e. The standard InChI is InChI=1S/C22H23F6NO3S/c1-12(2)31-18-10-13(6-7-17(18)24)19(29-33(30)21(3,4)5)14-8-15(23)11-16(9-14)32-22(27,28)20(25)26/h6-12,20H,1-5H3. The number of hydrogen-bond acceptors (Lipinski definition) is 4. The minimum Gasteiger partial charge on any atom is -0.591 e. The molecule has 1 atom stereocenters. The van der Waals surface area contributed by atoms with Crippen LogP contribution in [0.15, 0.2) is 40.8 Å². The Balaban J connectivity index is 2.67. The van der Waals surface area contributed by atoms with E-state index < -0.39 is 52.1 Å². The highest BCUT2D eigenvalue weighted by atomic mass is 32.2. The molecule has 182 valence electrons. The van der Waals surface area contributed by atoms with E-state index >= 15 is 0 Å². The SMILES string of the molecule is CC(C)Oc1cc(C(=N[S+]([O-])C(C)(C)C)c2cc(F)cc(OC(F)(F)C(F)F)c2)ccc1F. The Kier molecular flexibility index (Phi) is 8.34. The van der Waals surface area contributed by atoms with Gasteiger partial charge in [-0.25, -0.2) is 8.78 Å². The summed E-state index contributed by atoms with van der Waals surface area (Å²) in [5.41, 5.74) is -0.238. The molecule has 11 heteroatoms.